The van der Waals surface area contributed by atoms with Gasteiger partial charge in [0.1, 0.15) is 5.65 Å². The van der Waals surface area contributed by atoms with Crippen molar-refractivity contribution in [2.45, 2.75) is 33.4 Å². The van der Waals surface area contributed by atoms with Crippen LogP contribution in [-0.4, -0.2) is 21.9 Å². The summed E-state index contributed by atoms with van der Waals surface area (Å²) in [5.41, 5.74) is 4.32. The van der Waals surface area contributed by atoms with Crippen LogP contribution in [0.5, 0.6) is 0 Å². The Morgan fingerprint density at radius 1 is 1.15 bits per heavy atom. The molecule has 5 nitrogen and oxygen atoms in total. The molecule has 0 saturated carbocycles. The SMILES string of the molecule is CCNC(=NCc1cn2c(C)cccc2n1)NC(C)c1ccccc1.I. The minimum absolute atomic E-state index is 0. The Bertz CT molecular complexity index is 857. The van der Waals surface area contributed by atoms with E-state index in [9.17, 15) is 0 Å². The van der Waals surface area contributed by atoms with E-state index in [4.69, 9.17) is 4.99 Å². The maximum absolute atomic E-state index is 4.69. The third kappa shape index (κ3) is 4.97. The highest BCUT2D eigenvalue weighted by Gasteiger charge is 2.08. The van der Waals surface area contributed by atoms with Crippen LogP contribution in [0.2, 0.25) is 0 Å². The summed E-state index contributed by atoms with van der Waals surface area (Å²) in [5, 5.41) is 6.76. The number of hydrogen-bond donors (Lipinski definition) is 2. The summed E-state index contributed by atoms with van der Waals surface area (Å²) in [6.45, 7) is 7.64. The molecule has 0 aliphatic carbocycles. The van der Waals surface area contributed by atoms with Crippen LogP contribution < -0.4 is 10.6 Å². The minimum atomic E-state index is 0. The van der Waals surface area contributed by atoms with Gasteiger partial charge in [0, 0.05) is 18.4 Å². The fourth-order valence-corrected chi connectivity index (χ4v) is 2.79. The highest BCUT2D eigenvalue weighted by Crippen LogP contribution is 2.12. The van der Waals surface area contributed by atoms with Gasteiger partial charge < -0.3 is 15.0 Å². The van der Waals surface area contributed by atoms with E-state index >= 15 is 0 Å². The van der Waals surface area contributed by atoms with Gasteiger partial charge in [-0.15, -0.1) is 24.0 Å². The minimum Gasteiger partial charge on any atom is -0.357 e. The summed E-state index contributed by atoms with van der Waals surface area (Å²) >= 11 is 0. The standard InChI is InChI=1S/C20H25N5.HI/c1-4-21-20(23-16(3)17-10-6-5-7-11-17)22-13-18-14-25-15(2)9-8-12-19(25)24-18;/h5-12,14,16H,4,13H2,1-3H3,(H2,21,22,23);1H. The fourth-order valence-electron chi connectivity index (χ4n) is 2.79. The number of aromatic nitrogens is 2. The van der Waals surface area contributed by atoms with Crippen molar-refractivity contribution in [2.24, 2.45) is 4.99 Å². The number of nitrogens with zero attached hydrogens (tertiary/aromatic N) is 3. The predicted octanol–water partition coefficient (Wildman–Crippen LogP) is 4.08. The van der Waals surface area contributed by atoms with Crippen molar-refractivity contribution in [1.29, 1.82) is 0 Å². The second-order valence-corrected chi connectivity index (χ2v) is 6.10. The number of guanidine groups is 1. The van der Waals surface area contributed by atoms with Gasteiger partial charge >= 0.3 is 0 Å². The molecule has 0 aliphatic heterocycles. The Balaban J connectivity index is 0.00000243. The number of rotatable bonds is 5. The Labute approximate surface area is 172 Å². The van der Waals surface area contributed by atoms with E-state index in [2.05, 4.69) is 77.3 Å². The van der Waals surface area contributed by atoms with Crippen molar-refractivity contribution in [3.63, 3.8) is 0 Å². The van der Waals surface area contributed by atoms with Crippen LogP contribution >= 0.6 is 24.0 Å². The monoisotopic (exact) mass is 463 g/mol. The van der Waals surface area contributed by atoms with Crippen LogP contribution in [0, 0.1) is 6.92 Å². The molecule has 0 spiro atoms. The molecule has 1 aromatic carbocycles. The van der Waals surface area contributed by atoms with Crippen molar-refractivity contribution < 1.29 is 0 Å². The van der Waals surface area contributed by atoms with E-state index < -0.39 is 0 Å². The molecular weight excluding hydrogens is 437 g/mol. The number of aliphatic imine (C=N–C) groups is 1. The van der Waals surface area contributed by atoms with Crippen LogP contribution in [0.1, 0.15) is 36.8 Å². The van der Waals surface area contributed by atoms with E-state index in [1.165, 1.54) is 11.3 Å². The van der Waals surface area contributed by atoms with Gasteiger partial charge in [0.05, 0.1) is 18.3 Å². The summed E-state index contributed by atoms with van der Waals surface area (Å²) in [4.78, 5) is 9.34. The fraction of sp³-hybridized carbons (Fsp3) is 0.300. The zero-order valence-electron chi connectivity index (χ0n) is 15.4. The van der Waals surface area contributed by atoms with Crippen LogP contribution in [0.15, 0.2) is 59.7 Å². The van der Waals surface area contributed by atoms with Gasteiger partial charge in [-0.3, -0.25) is 0 Å². The molecule has 0 bridgehead atoms. The quantitative estimate of drug-likeness (QED) is 0.341. The molecule has 0 saturated heterocycles. The van der Waals surface area contributed by atoms with Gasteiger partial charge in [-0.05, 0) is 38.5 Å². The summed E-state index contributed by atoms with van der Waals surface area (Å²) in [6.07, 6.45) is 2.05. The summed E-state index contributed by atoms with van der Waals surface area (Å²) < 4.78 is 2.10. The normalized spacial score (nSPS) is 12.5. The zero-order chi connectivity index (χ0) is 17.6. The average molecular weight is 463 g/mol. The second-order valence-electron chi connectivity index (χ2n) is 6.10. The number of nitrogens with one attached hydrogen (secondary N) is 2. The van der Waals surface area contributed by atoms with Crippen molar-refractivity contribution in [1.82, 2.24) is 20.0 Å². The lowest BCUT2D eigenvalue weighted by Crippen LogP contribution is -2.38. The molecule has 2 aromatic heterocycles. The molecule has 1 atom stereocenters. The van der Waals surface area contributed by atoms with Gasteiger partial charge in [0.25, 0.3) is 0 Å². The van der Waals surface area contributed by atoms with E-state index in [0.29, 0.717) is 6.54 Å². The molecular formula is C20H26IN5. The molecule has 3 aromatic rings. The lowest BCUT2D eigenvalue weighted by Gasteiger charge is -2.18. The molecule has 1 unspecified atom stereocenters. The molecule has 26 heavy (non-hydrogen) atoms. The molecule has 2 N–H and O–H groups in total. The Hall–Kier alpha value is -2.09. The summed E-state index contributed by atoms with van der Waals surface area (Å²) in [5.74, 6) is 0.799. The summed E-state index contributed by atoms with van der Waals surface area (Å²) in [7, 11) is 0. The average Bonchev–Trinajstić information content (AvgIpc) is 3.05. The smallest absolute Gasteiger partial charge is 0.192 e. The first-order valence-corrected chi connectivity index (χ1v) is 8.70. The maximum atomic E-state index is 4.69. The number of fused-ring (bicyclic) bond motifs is 1. The van der Waals surface area contributed by atoms with Crippen LogP contribution in [0.4, 0.5) is 0 Å². The van der Waals surface area contributed by atoms with Gasteiger partial charge in [-0.2, -0.15) is 0 Å². The summed E-state index contributed by atoms with van der Waals surface area (Å²) in [6, 6.07) is 16.7. The number of aryl methyl sites for hydroxylation is 1. The van der Waals surface area contributed by atoms with Crippen molar-refractivity contribution in [2.75, 3.05) is 6.54 Å². The maximum Gasteiger partial charge on any atom is 0.192 e. The van der Waals surface area contributed by atoms with Crippen LogP contribution in [0.25, 0.3) is 5.65 Å². The Morgan fingerprint density at radius 2 is 1.92 bits per heavy atom. The number of imidazole rings is 1. The first-order chi connectivity index (χ1) is 12.2. The van der Waals surface area contributed by atoms with E-state index in [0.717, 1.165) is 23.8 Å². The lowest BCUT2D eigenvalue weighted by molar-refractivity contribution is 0.686. The topological polar surface area (TPSA) is 53.7 Å². The van der Waals surface area contributed by atoms with Crippen molar-refractivity contribution in [3.8, 4) is 0 Å². The predicted molar refractivity (Wildman–Crippen MR) is 118 cm³/mol. The van der Waals surface area contributed by atoms with Gasteiger partial charge in [-0.1, -0.05) is 36.4 Å². The largest absolute Gasteiger partial charge is 0.357 e. The second kappa shape index (κ2) is 9.56. The van der Waals surface area contributed by atoms with Gasteiger partial charge in [0.2, 0.25) is 0 Å². The third-order valence-electron chi connectivity index (χ3n) is 4.14. The molecule has 0 aliphatic rings. The number of halogens is 1. The molecule has 0 amide bonds. The number of hydrogen-bond acceptors (Lipinski definition) is 2. The van der Waals surface area contributed by atoms with E-state index in [-0.39, 0.29) is 30.0 Å². The highest BCUT2D eigenvalue weighted by atomic mass is 127. The van der Waals surface area contributed by atoms with Crippen LogP contribution in [-0.2, 0) is 6.54 Å². The van der Waals surface area contributed by atoms with Crippen molar-refractivity contribution >= 4 is 35.6 Å². The number of benzene rings is 1. The first-order valence-electron chi connectivity index (χ1n) is 8.70. The zero-order valence-corrected chi connectivity index (χ0v) is 17.8. The molecule has 0 fully saturated rings. The van der Waals surface area contributed by atoms with E-state index in [1.54, 1.807) is 0 Å². The van der Waals surface area contributed by atoms with Gasteiger partial charge in [0.15, 0.2) is 5.96 Å². The molecule has 3 rings (SSSR count). The Kier molecular flexibility index (Phi) is 7.44. The first kappa shape index (κ1) is 20.2. The number of pyridine rings is 1. The molecule has 138 valence electrons. The lowest BCUT2D eigenvalue weighted by atomic mass is 10.1. The molecule has 0 radical (unpaired) electrons. The van der Waals surface area contributed by atoms with Gasteiger partial charge in [-0.25, -0.2) is 9.98 Å². The molecule has 6 heteroatoms. The van der Waals surface area contributed by atoms with E-state index in [1.807, 2.05) is 18.2 Å². The Morgan fingerprint density at radius 3 is 2.62 bits per heavy atom. The molecule has 2 heterocycles. The van der Waals surface area contributed by atoms with Crippen LogP contribution in [0.3, 0.4) is 0 Å². The van der Waals surface area contributed by atoms with Crippen molar-refractivity contribution in [3.05, 3.63) is 71.7 Å². The highest BCUT2D eigenvalue weighted by molar-refractivity contribution is 14.0. The third-order valence-corrected chi connectivity index (χ3v) is 4.14.